The van der Waals surface area contributed by atoms with E-state index in [-0.39, 0.29) is 5.92 Å². The second-order valence-corrected chi connectivity index (χ2v) is 6.43. The minimum absolute atomic E-state index is 0.0946. The van der Waals surface area contributed by atoms with E-state index < -0.39 is 0 Å². The lowest BCUT2D eigenvalue weighted by atomic mass is 9.94. The molecule has 3 rings (SSSR count). The number of hydrogen-bond donors (Lipinski definition) is 2. The van der Waals surface area contributed by atoms with Crippen molar-refractivity contribution in [2.24, 2.45) is 12.8 Å². The van der Waals surface area contributed by atoms with Crippen molar-refractivity contribution in [2.45, 2.75) is 25.7 Å². The lowest BCUT2D eigenvalue weighted by Gasteiger charge is -2.14. The zero-order valence-electron chi connectivity index (χ0n) is 13.1. The first-order chi connectivity index (χ1) is 10.5. The molecule has 0 aliphatic carbocycles. The van der Waals surface area contributed by atoms with Crippen molar-refractivity contribution in [3.8, 4) is 0 Å². The van der Waals surface area contributed by atoms with E-state index in [2.05, 4.69) is 30.0 Å². The second kappa shape index (κ2) is 5.78. The Morgan fingerprint density at radius 3 is 2.73 bits per heavy atom. The highest BCUT2D eigenvalue weighted by Gasteiger charge is 2.21. The lowest BCUT2D eigenvalue weighted by molar-refractivity contribution is 0.651. The van der Waals surface area contributed by atoms with Crippen LogP contribution < -0.4 is 5.73 Å². The normalized spacial score (nSPS) is 13.2. The van der Waals surface area contributed by atoms with Crippen molar-refractivity contribution in [1.29, 1.82) is 0 Å². The fraction of sp³-hybridized carbons (Fsp3) is 0.353. The van der Waals surface area contributed by atoms with Gasteiger partial charge in [0.15, 0.2) is 0 Å². The maximum absolute atomic E-state index is 6.16. The zero-order chi connectivity index (χ0) is 15.9. The number of aromatic nitrogens is 3. The molecule has 1 aromatic carbocycles. The number of nitrogens with zero attached hydrogens (tertiary/aromatic N) is 2. The summed E-state index contributed by atoms with van der Waals surface area (Å²) in [6.45, 7) is 4.82. The van der Waals surface area contributed by atoms with Gasteiger partial charge >= 0.3 is 0 Å². The smallest absolute Gasteiger partial charge is 0.0653 e. The minimum Gasteiger partial charge on any atom is -0.361 e. The highest BCUT2D eigenvalue weighted by Crippen LogP contribution is 2.32. The summed E-state index contributed by atoms with van der Waals surface area (Å²) in [5.41, 5.74) is 10.6. The van der Waals surface area contributed by atoms with Gasteiger partial charge in [-0.3, -0.25) is 4.68 Å². The SMILES string of the molecule is CC(C)c1cc(C(CN)c2c[nH]c3ccc(Cl)cc23)n(C)n1. The third kappa shape index (κ3) is 2.53. The molecule has 0 saturated heterocycles. The number of nitrogens with one attached hydrogen (secondary N) is 1. The van der Waals surface area contributed by atoms with Crippen LogP contribution in [0.4, 0.5) is 0 Å². The van der Waals surface area contributed by atoms with E-state index >= 15 is 0 Å². The molecule has 0 radical (unpaired) electrons. The van der Waals surface area contributed by atoms with E-state index in [1.807, 2.05) is 36.1 Å². The van der Waals surface area contributed by atoms with Gasteiger partial charge in [-0.15, -0.1) is 0 Å². The molecule has 22 heavy (non-hydrogen) atoms. The summed E-state index contributed by atoms with van der Waals surface area (Å²) >= 11 is 6.16. The summed E-state index contributed by atoms with van der Waals surface area (Å²) < 4.78 is 1.94. The van der Waals surface area contributed by atoms with Gasteiger partial charge in [-0.25, -0.2) is 0 Å². The molecule has 4 nitrogen and oxygen atoms in total. The monoisotopic (exact) mass is 316 g/mol. The summed E-state index contributed by atoms with van der Waals surface area (Å²) in [6.07, 6.45) is 2.03. The van der Waals surface area contributed by atoms with Gasteiger partial charge in [0.25, 0.3) is 0 Å². The number of H-pyrrole nitrogens is 1. The van der Waals surface area contributed by atoms with E-state index in [9.17, 15) is 0 Å². The van der Waals surface area contributed by atoms with Crippen molar-refractivity contribution >= 4 is 22.5 Å². The Hall–Kier alpha value is -1.78. The van der Waals surface area contributed by atoms with Crippen LogP contribution in [0.5, 0.6) is 0 Å². The standard InChI is InChI=1S/C17H21ClN4/c1-10(2)16-7-17(22(3)21-16)13(8-19)14-9-20-15-5-4-11(18)6-12(14)15/h4-7,9-10,13,20H,8,19H2,1-3H3. The van der Waals surface area contributed by atoms with Gasteiger partial charge < -0.3 is 10.7 Å². The molecule has 1 unspecified atom stereocenters. The summed E-state index contributed by atoms with van der Waals surface area (Å²) in [5.74, 6) is 0.494. The fourth-order valence-corrected chi connectivity index (χ4v) is 3.09. The number of hydrogen-bond acceptors (Lipinski definition) is 2. The molecular weight excluding hydrogens is 296 g/mol. The second-order valence-electron chi connectivity index (χ2n) is 5.99. The van der Waals surface area contributed by atoms with Gasteiger partial charge in [0, 0.05) is 47.3 Å². The van der Waals surface area contributed by atoms with Crippen molar-refractivity contribution in [3.05, 3.63) is 52.4 Å². The molecular formula is C17H21ClN4. The Bertz CT molecular complexity index is 800. The number of aryl methyl sites for hydroxylation is 1. The van der Waals surface area contributed by atoms with Gasteiger partial charge in [-0.05, 0) is 35.7 Å². The van der Waals surface area contributed by atoms with Crippen LogP contribution in [0.25, 0.3) is 10.9 Å². The Labute approximate surface area is 135 Å². The molecule has 0 fully saturated rings. The maximum atomic E-state index is 6.16. The molecule has 0 aliphatic heterocycles. The van der Waals surface area contributed by atoms with E-state index in [0.29, 0.717) is 12.5 Å². The summed E-state index contributed by atoms with van der Waals surface area (Å²) in [7, 11) is 1.98. The predicted molar refractivity (Wildman–Crippen MR) is 91.5 cm³/mol. The average Bonchev–Trinajstić information content (AvgIpc) is 3.05. The number of rotatable bonds is 4. The molecule has 0 bridgehead atoms. The Morgan fingerprint density at radius 2 is 2.09 bits per heavy atom. The first kappa shape index (κ1) is 15.1. The van der Waals surface area contributed by atoms with E-state index in [1.165, 1.54) is 5.56 Å². The van der Waals surface area contributed by atoms with Crippen molar-refractivity contribution < 1.29 is 0 Å². The summed E-state index contributed by atoms with van der Waals surface area (Å²) in [5, 5.41) is 6.47. The predicted octanol–water partition coefficient (Wildman–Crippen LogP) is 3.77. The van der Waals surface area contributed by atoms with Crippen LogP contribution in [0.15, 0.2) is 30.5 Å². The molecule has 2 aromatic heterocycles. The van der Waals surface area contributed by atoms with Crippen molar-refractivity contribution in [1.82, 2.24) is 14.8 Å². The quantitative estimate of drug-likeness (QED) is 0.769. The van der Waals surface area contributed by atoms with Crippen LogP contribution >= 0.6 is 11.6 Å². The molecule has 0 amide bonds. The third-order valence-electron chi connectivity index (χ3n) is 4.17. The molecule has 0 spiro atoms. The van der Waals surface area contributed by atoms with Crippen LogP contribution in [0.1, 0.15) is 42.6 Å². The molecule has 3 aromatic rings. The van der Waals surface area contributed by atoms with Crippen molar-refractivity contribution in [2.75, 3.05) is 6.54 Å². The molecule has 1 atom stereocenters. The number of aromatic amines is 1. The molecule has 3 N–H and O–H groups in total. The van der Waals surface area contributed by atoms with Crippen LogP contribution in [0.3, 0.4) is 0 Å². The van der Waals surface area contributed by atoms with Gasteiger partial charge in [0.1, 0.15) is 0 Å². The average molecular weight is 317 g/mol. The van der Waals surface area contributed by atoms with Crippen LogP contribution in [0.2, 0.25) is 5.02 Å². The highest BCUT2D eigenvalue weighted by molar-refractivity contribution is 6.31. The van der Waals surface area contributed by atoms with E-state index in [1.54, 1.807) is 0 Å². The summed E-state index contributed by atoms with van der Waals surface area (Å²) in [4.78, 5) is 3.31. The zero-order valence-corrected chi connectivity index (χ0v) is 13.9. The van der Waals surface area contributed by atoms with Gasteiger partial charge in [-0.2, -0.15) is 5.10 Å². The summed E-state index contributed by atoms with van der Waals surface area (Å²) in [6, 6.07) is 8.04. The Balaban J connectivity index is 2.12. The highest BCUT2D eigenvalue weighted by atomic mass is 35.5. The van der Waals surface area contributed by atoms with Gasteiger partial charge in [0.05, 0.1) is 5.69 Å². The maximum Gasteiger partial charge on any atom is 0.0653 e. The van der Waals surface area contributed by atoms with Crippen LogP contribution in [-0.2, 0) is 7.05 Å². The molecule has 0 saturated carbocycles. The number of nitrogens with two attached hydrogens (primary N) is 1. The minimum atomic E-state index is 0.0946. The van der Waals surface area contributed by atoms with Crippen LogP contribution in [-0.4, -0.2) is 21.3 Å². The molecule has 116 valence electrons. The molecule has 2 heterocycles. The van der Waals surface area contributed by atoms with Crippen LogP contribution in [0, 0.1) is 0 Å². The topological polar surface area (TPSA) is 59.6 Å². The first-order valence-electron chi connectivity index (χ1n) is 7.51. The number of benzene rings is 1. The Kier molecular flexibility index (Phi) is 3.98. The number of fused-ring (bicyclic) bond motifs is 1. The third-order valence-corrected chi connectivity index (χ3v) is 4.41. The molecule has 5 heteroatoms. The van der Waals surface area contributed by atoms with E-state index in [4.69, 9.17) is 17.3 Å². The first-order valence-corrected chi connectivity index (χ1v) is 7.89. The Morgan fingerprint density at radius 1 is 1.32 bits per heavy atom. The lowest BCUT2D eigenvalue weighted by Crippen LogP contribution is -2.16. The van der Waals surface area contributed by atoms with Crippen molar-refractivity contribution in [3.63, 3.8) is 0 Å². The fourth-order valence-electron chi connectivity index (χ4n) is 2.92. The van der Waals surface area contributed by atoms with Gasteiger partial charge in [0.2, 0.25) is 0 Å². The molecule has 0 aliphatic rings. The van der Waals surface area contributed by atoms with E-state index in [0.717, 1.165) is 27.3 Å². The largest absolute Gasteiger partial charge is 0.361 e. The number of halogens is 1. The van der Waals surface area contributed by atoms with Gasteiger partial charge in [-0.1, -0.05) is 25.4 Å².